The number of likely N-dealkylation sites (tertiary alicyclic amines) is 1. The summed E-state index contributed by atoms with van der Waals surface area (Å²) in [6.07, 6.45) is 2.53. The summed E-state index contributed by atoms with van der Waals surface area (Å²) in [6.45, 7) is 2.05. The van der Waals surface area contributed by atoms with Crippen LogP contribution in [0, 0.1) is 0 Å². The van der Waals surface area contributed by atoms with Crippen LogP contribution in [0.25, 0.3) is 0 Å². The summed E-state index contributed by atoms with van der Waals surface area (Å²) >= 11 is 0. The number of rotatable bonds is 5. The Kier molecular flexibility index (Phi) is 4.79. The molecular weight excluding hydrogens is 348 g/mol. The van der Waals surface area contributed by atoms with Crippen LogP contribution >= 0.6 is 0 Å². The van der Waals surface area contributed by atoms with E-state index in [9.17, 15) is 9.59 Å². The molecule has 142 valence electrons. The normalized spacial score (nSPS) is 19.7. The van der Waals surface area contributed by atoms with E-state index in [2.05, 4.69) is 10.1 Å². The highest BCUT2D eigenvalue weighted by molar-refractivity contribution is 5.97. The number of carbonyl (C=O) groups excluding carboxylic acids is 2. The molecule has 8 heteroatoms. The molecule has 2 amide bonds. The quantitative estimate of drug-likeness (QED) is 0.797. The molecule has 27 heavy (non-hydrogen) atoms. The molecule has 1 aromatic heterocycles. The average molecular weight is 370 g/mol. The van der Waals surface area contributed by atoms with Crippen molar-refractivity contribution in [3.05, 3.63) is 36.0 Å². The minimum Gasteiger partial charge on any atom is -0.495 e. The zero-order valence-electron chi connectivity index (χ0n) is 15.3. The number of carbonyl (C=O) groups is 2. The van der Waals surface area contributed by atoms with Crippen LogP contribution < -0.4 is 9.64 Å². The zero-order chi connectivity index (χ0) is 18.8. The molecule has 0 N–H and O–H groups in total. The predicted molar refractivity (Wildman–Crippen MR) is 96.5 cm³/mol. The molecule has 2 aliphatic heterocycles. The van der Waals surface area contributed by atoms with Gasteiger partial charge in [-0.05, 0) is 25.0 Å². The first kappa shape index (κ1) is 17.5. The van der Waals surface area contributed by atoms with E-state index < -0.39 is 0 Å². The Balaban J connectivity index is 1.45. The molecular formula is C19H22N4O4. The van der Waals surface area contributed by atoms with Crippen molar-refractivity contribution in [3.63, 3.8) is 0 Å². The maximum Gasteiger partial charge on any atom is 0.232 e. The first-order chi connectivity index (χ1) is 13.2. The third-order valence-electron chi connectivity index (χ3n) is 5.10. The van der Waals surface area contributed by atoms with Crippen molar-refractivity contribution < 1.29 is 18.8 Å². The smallest absolute Gasteiger partial charge is 0.232 e. The molecule has 0 bridgehead atoms. The fourth-order valence-corrected chi connectivity index (χ4v) is 3.68. The van der Waals surface area contributed by atoms with E-state index >= 15 is 0 Å². The molecule has 1 atom stereocenters. The largest absolute Gasteiger partial charge is 0.495 e. The standard InChI is InChI=1S/C19H22N4O4/c1-26-15-7-3-2-6-14(15)23-12-13(10-18(23)25)19-20-16(21-27-19)11-17(24)22-8-4-5-9-22/h2-3,6-7,13H,4-5,8-12H2,1H3. The fourth-order valence-electron chi connectivity index (χ4n) is 3.68. The highest BCUT2D eigenvalue weighted by atomic mass is 16.5. The van der Waals surface area contributed by atoms with E-state index in [-0.39, 0.29) is 24.2 Å². The van der Waals surface area contributed by atoms with Gasteiger partial charge in [0.1, 0.15) is 5.75 Å². The number of anilines is 1. The Labute approximate surface area is 157 Å². The van der Waals surface area contributed by atoms with E-state index in [1.54, 1.807) is 12.0 Å². The van der Waals surface area contributed by atoms with Crippen molar-refractivity contribution in [1.82, 2.24) is 15.0 Å². The number of methoxy groups -OCH3 is 1. The van der Waals surface area contributed by atoms with Crippen LogP contribution in [-0.4, -0.2) is 53.6 Å². The molecule has 4 rings (SSSR count). The molecule has 2 saturated heterocycles. The second-order valence-electron chi connectivity index (χ2n) is 6.89. The molecule has 0 aliphatic carbocycles. The van der Waals surface area contributed by atoms with Gasteiger partial charge in [0.15, 0.2) is 5.82 Å². The lowest BCUT2D eigenvalue weighted by Crippen LogP contribution is -2.29. The maximum absolute atomic E-state index is 12.5. The molecule has 0 radical (unpaired) electrons. The van der Waals surface area contributed by atoms with Gasteiger partial charge in [-0.3, -0.25) is 9.59 Å². The Morgan fingerprint density at radius 1 is 1.30 bits per heavy atom. The summed E-state index contributed by atoms with van der Waals surface area (Å²) in [4.78, 5) is 32.6. The highest BCUT2D eigenvalue weighted by Crippen LogP contribution is 2.35. The number of hydrogen-bond donors (Lipinski definition) is 0. The van der Waals surface area contributed by atoms with Gasteiger partial charge in [0.25, 0.3) is 0 Å². The van der Waals surface area contributed by atoms with Crippen LogP contribution in [0.2, 0.25) is 0 Å². The van der Waals surface area contributed by atoms with Crippen molar-refractivity contribution >= 4 is 17.5 Å². The topological polar surface area (TPSA) is 88.8 Å². The third-order valence-corrected chi connectivity index (χ3v) is 5.10. The Hall–Kier alpha value is -2.90. The second-order valence-corrected chi connectivity index (χ2v) is 6.89. The van der Waals surface area contributed by atoms with Crippen LogP contribution in [0.4, 0.5) is 5.69 Å². The second kappa shape index (κ2) is 7.38. The maximum atomic E-state index is 12.5. The number of benzene rings is 1. The predicted octanol–water partition coefficient (Wildman–Crippen LogP) is 1.76. The number of amides is 2. The van der Waals surface area contributed by atoms with Crippen LogP contribution in [-0.2, 0) is 16.0 Å². The van der Waals surface area contributed by atoms with E-state index in [0.29, 0.717) is 30.4 Å². The number of aromatic nitrogens is 2. The van der Waals surface area contributed by atoms with Crippen molar-refractivity contribution in [1.29, 1.82) is 0 Å². The number of hydrogen-bond acceptors (Lipinski definition) is 6. The molecule has 0 spiro atoms. The van der Waals surface area contributed by atoms with Crippen LogP contribution in [0.5, 0.6) is 5.75 Å². The summed E-state index contributed by atoms with van der Waals surface area (Å²) < 4.78 is 10.7. The minimum absolute atomic E-state index is 0.0163. The number of ether oxygens (including phenoxy) is 1. The summed E-state index contributed by atoms with van der Waals surface area (Å²) in [5.41, 5.74) is 0.733. The molecule has 3 heterocycles. The van der Waals surface area contributed by atoms with Gasteiger partial charge in [-0.1, -0.05) is 17.3 Å². The lowest BCUT2D eigenvalue weighted by atomic mass is 10.1. The van der Waals surface area contributed by atoms with Gasteiger partial charge in [-0.25, -0.2) is 0 Å². The Bertz CT molecular complexity index is 844. The first-order valence-electron chi connectivity index (χ1n) is 9.19. The van der Waals surface area contributed by atoms with Crippen LogP contribution in [0.1, 0.15) is 36.9 Å². The highest BCUT2D eigenvalue weighted by Gasteiger charge is 2.36. The molecule has 2 aliphatic rings. The molecule has 1 aromatic carbocycles. The summed E-state index contributed by atoms with van der Waals surface area (Å²) in [5, 5.41) is 3.94. The number of para-hydroxylation sites is 2. The Morgan fingerprint density at radius 2 is 2.07 bits per heavy atom. The fraction of sp³-hybridized carbons (Fsp3) is 0.474. The third kappa shape index (κ3) is 3.51. The van der Waals surface area contributed by atoms with Gasteiger partial charge in [0.05, 0.1) is 25.1 Å². The van der Waals surface area contributed by atoms with E-state index in [4.69, 9.17) is 9.26 Å². The lowest BCUT2D eigenvalue weighted by molar-refractivity contribution is -0.129. The van der Waals surface area contributed by atoms with Gasteiger partial charge >= 0.3 is 0 Å². The van der Waals surface area contributed by atoms with Crippen LogP contribution in [0.3, 0.4) is 0 Å². The SMILES string of the molecule is COc1ccccc1N1CC(c2nc(CC(=O)N3CCCC3)no2)CC1=O. The molecule has 2 fully saturated rings. The monoisotopic (exact) mass is 370 g/mol. The molecule has 2 aromatic rings. The van der Waals surface area contributed by atoms with Gasteiger partial charge in [-0.15, -0.1) is 0 Å². The van der Waals surface area contributed by atoms with E-state index in [1.165, 1.54) is 0 Å². The van der Waals surface area contributed by atoms with Crippen molar-refractivity contribution in [3.8, 4) is 5.75 Å². The zero-order valence-corrected chi connectivity index (χ0v) is 15.3. The van der Waals surface area contributed by atoms with Crippen molar-refractivity contribution in [2.75, 3.05) is 31.6 Å². The average Bonchev–Trinajstić information content (AvgIpc) is 3.42. The summed E-state index contributed by atoms with van der Waals surface area (Å²) in [7, 11) is 1.58. The van der Waals surface area contributed by atoms with E-state index in [1.807, 2.05) is 29.2 Å². The van der Waals surface area contributed by atoms with Crippen molar-refractivity contribution in [2.24, 2.45) is 0 Å². The Morgan fingerprint density at radius 3 is 2.85 bits per heavy atom. The summed E-state index contributed by atoms with van der Waals surface area (Å²) in [6, 6.07) is 7.41. The lowest BCUT2D eigenvalue weighted by Gasteiger charge is -2.18. The van der Waals surface area contributed by atoms with E-state index in [0.717, 1.165) is 31.6 Å². The minimum atomic E-state index is -0.189. The van der Waals surface area contributed by atoms with Crippen LogP contribution in [0.15, 0.2) is 28.8 Å². The van der Waals surface area contributed by atoms with Gasteiger partial charge in [0.2, 0.25) is 17.7 Å². The van der Waals surface area contributed by atoms with Gasteiger partial charge in [0, 0.05) is 26.1 Å². The van der Waals surface area contributed by atoms with Gasteiger partial charge in [-0.2, -0.15) is 4.98 Å². The molecule has 0 saturated carbocycles. The summed E-state index contributed by atoms with van der Waals surface area (Å²) in [5.74, 6) is 1.25. The number of nitrogens with zero attached hydrogens (tertiary/aromatic N) is 4. The first-order valence-corrected chi connectivity index (χ1v) is 9.19. The molecule has 8 nitrogen and oxygen atoms in total. The van der Waals surface area contributed by atoms with Crippen molar-refractivity contribution in [2.45, 2.75) is 31.6 Å². The van der Waals surface area contributed by atoms with Gasteiger partial charge < -0.3 is 19.1 Å². The molecule has 1 unspecified atom stereocenters.